The van der Waals surface area contributed by atoms with Gasteiger partial charge >= 0.3 is 0 Å². The highest BCUT2D eigenvalue weighted by molar-refractivity contribution is 9.10. The van der Waals surface area contributed by atoms with Gasteiger partial charge in [-0.1, -0.05) is 15.9 Å². The van der Waals surface area contributed by atoms with Crippen LogP contribution in [0.2, 0.25) is 0 Å². The zero-order valence-electron chi connectivity index (χ0n) is 10.9. The van der Waals surface area contributed by atoms with E-state index in [1.165, 1.54) is 11.3 Å². The molecular weight excluding hydrogens is 324 g/mol. The van der Waals surface area contributed by atoms with Gasteiger partial charge in [0.2, 0.25) is 0 Å². The van der Waals surface area contributed by atoms with Crippen molar-refractivity contribution in [3.8, 4) is 23.1 Å². The smallest absolute Gasteiger partial charge is 0.128 e. The predicted octanol–water partition coefficient (Wildman–Crippen LogP) is 4.38. The van der Waals surface area contributed by atoms with Crippen molar-refractivity contribution in [1.82, 2.24) is 4.98 Å². The van der Waals surface area contributed by atoms with Crippen molar-refractivity contribution in [1.29, 1.82) is 5.26 Å². The first-order chi connectivity index (χ1) is 8.97. The second kappa shape index (κ2) is 5.32. The molecule has 1 aromatic carbocycles. The SMILES string of the molecule is COc1ccc(Br)cc1-c1csc(C(C)(C)C#N)n1. The maximum Gasteiger partial charge on any atom is 0.128 e. The van der Waals surface area contributed by atoms with Gasteiger partial charge in [-0.05, 0) is 32.0 Å². The highest BCUT2D eigenvalue weighted by atomic mass is 79.9. The Morgan fingerprint density at radius 3 is 2.79 bits per heavy atom. The summed E-state index contributed by atoms with van der Waals surface area (Å²) in [5, 5.41) is 11.9. The third-order valence-corrected chi connectivity index (χ3v) is 4.42. The topological polar surface area (TPSA) is 45.9 Å². The Labute approximate surface area is 125 Å². The number of halogens is 1. The summed E-state index contributed by atoms with van der Waals surface area (Å²) in [7, 11) is 1.64. The van der Waals surface area contributed by atoms with Gasteiger partial charge < -0.3 is 4.74 Å². The Kier molecular flexibility index (Phi) is 3.93. The van der Waals surface area contributed by atoms with Gasteiger partial charge in [-0.25, -0.2) is 4.98 Å². The van der Waals surface area contributed by atoms with Crippen LogP contribution in [0.4, 0.5) is 0 Å². The Bertz CT molecular complexity index is 643. The number of aromatic nitrogens is 1. The van der Waals surface area contributed by atoms with Crippen LogP contribution in [0, 0.1) is 11.3 Å². The minimum Gasteiger partial charge on any atom is -0.496 e. The van der Waals surface area contributed by atoms with Crippen LogP contribution in [-0.4, -0.2) is 12.1 Å². The normalized spacial score (nSPS) is 11.1. The van der Waals surface area contributed by atoms with E-state index in [9.17, 15) is 0 Å². The summed E-state index contributed by atoms with van der Waals surface area (Å²) in [5.74, 6) is 0.773. The molecule has 3 nitrogen and oxygen atoms in total. The Morgan fingerprint density at radius 1 is 1.42 bits per heavy atom. The molecule has 0 N–H and O–H groups in total. The van der Waals surface area contributed by atoms with E-state index in [1.54, 1.807) is 7.11 Å². The summed E-state index contributed by atoms with van der Waals surface area (Å²) in [6.07, 6.45) is 0. The minimum absolute atomic E-state index is 0.567. The molecule has 0 aliphatic rings. The molecule has 0 saturated heterocycles. The average molecular weight is 337 g/mol. The van der Waals surface area contributed by atoms with E-state index < -0.39 is 5.41 Å². The van der Waals surface area contributed by atoms with Crippen molar-refractivity contribution >= 4 is 27.3 Å². The second-order valence-corrected chi connectivity index (χ2v) is 6.39. The molecule has 1 aromatic heterocycles. The minimum atomic E-state index is -0.567. The number of benzene rings is 1. The highest BCUT2D eigenvalue weighted by Crippen LogP contribution is 2.35. The number of methoxy groups -OCH3 is 1. The van der Waals surface area contributed by atoms with Crippen LogP contribution in [0.1, 0.15) is 18.9 Å². The zero-order valence-corrected chi connectivity index (χ0v) is 13.3. The Morgan fingerprint density at radius 2 is 2.16 bits per heavy atom. The summed E-state index contributed by atoms with van der Waals surface area (Å²) >= 11 is 4.95. The average Bonchev–Trinajstić information content (AvgIpc) is 2.89. The number of hydrogen-bond donors (Lipinski definition) is 0. The van der Waals surface area contributed by atoms with Gasteiger partial charge in [0.1, 0.15) is 16.2 Å². The van der Waals surface area contributed by atoms with E-state index in [2.05, 4.69) is 27.0 Å². The van der Waals surface area contributed by atoms with Gasteiger partial charge in [-0.3, -0.25) is 0 Å². The van der Waals surface area contributed by atoms with Crippen molar-refractivity contribution in [2.24, 2.45) is 0 Å². The fourth-order valence-electron chi connectivity index (χ4n) is 1.61. The van der Waals surface area contributed by atoms with E-state index in [0.717, 1.165) is 26.5 Å². The van der Waals surface area contributed by atoms with E-state index in [0.29, 0.717) is 0 Å². The van der Waals surface area contributed by atoms with Crippen LogP contribution in [0.3, 0.4) is 0 Å². The second-order valence-electron chi connectivity index (χ2n) is 4.62. The summed E-state index contributed by atoms with van der Waals surface area (Å²) in [6.45, 7) is 3.74. The van der Waals surface area contributed by atoms with Gasteiger partial charge in [-0.15, -0.1) is 11.3 Å². The standard InChI is InChI=1S/C14H13BrN2OS/c1-14(2,8-16)13-17-11(7-19-13)10-6-9(15)4-5-12(10)18-3/h4-7H,1-3H3. The number of rotatable bonds is 3. The van der Waals surface area contributed by atoms with Gasteiger partial charge in [0.05, 0.1) is 18.9 Å². The molecule has 19 heavy (non-hydrogen) atoms. The molecule has 0 radical (unpaired) electrons. The fraction of sp³-hybridized carbons (Fsp3) is 0.286. The Balaban J connectivity index is 2.50. The fourth-order valence-corrected chi connectivity index (χ4v) is 2.87. The van der Waals surface area contributed by atoms with Gasteiger partial charge in [-0.2, -0.15) is 5.26 Å². The zero-order chi connectivity index (χ0) is 14.0. The molecule has 0 aliphatic heterocycles. The first kappa shape index (κ1) is 14.0. The number of ether oxygens (including phenoxy) is 1. The molecule has 2 rings (SSSR count). The third kappa shape index (κ3) is 2.80. The molecule has 0 fully saturated rings. The molecule has 0 unspecified atom stereocenters. The van der Waals surface area contributed by atoms with Crippen molar-refractivity contribution in [3.63, 3.8) is 0 Å². The lowest BCUT2D eigenvalue weighted by molar-refractivity contribution is 0.416. The molecule has 0 amide bonds. The lowest BCUT2D eigenvalue weighted by atomic mass is 9.97. The quantitative estimate of drug-likeness (QED) is 0.835. The number of hydrogen-bond acceptors (Lipinski definition) is 4. The van der Waals surface area contributed by atoms with Crippen molar-refractivity contribution in [2.75, 3.05) is 7.11 Å². The van der Waals surface area contributed by atoms with Crippen LogP contribution >= 0.6 is 27.3 Å². The molecular formula is C14H13BrN2OS. The molecule has 5 heteroatoms. The van der Waals surface area contributed by atoms with Crippen LogP contribution < -0.4 is 4.74 Å². The monoisotopic (exact) mass is 336 g/mol. The number of nitrogens with zero attached hydrogens (tertiary/aromatic N) is 2. The summed E-state index contributed by atoms with van der Waals surface area (Å²) < 4.78 is 6.32. The van der Waals surface area contributed by atoms with E-state index >= 15 is 0 Å². The molecule has 98 valence electrons. The molecule has 0 atom stereocenters. The van der Waals surface area contributed by atoms with E-state index in [4.69, 9.17) is 10.00 Å². The molecule has 0 aliphatic carbocycles. The molecule has 0 saturated carbocycles. The van der Waals surface area contributed by atoms with Crippen LogP contribution in [0.25, 0.3) is 11.3 Å². The lowest BCUT2D eigenvalue weighted by Crippen LogP contribution is -2.13. The number of thiazole rings is 1. The maximum atomic E-state index is 9.16. The maximum absolute atomic E-state index is 9.16. The van der Waals surface area contributed by atoms with Gasteiger partial charge in [0, 0.05) is 15.4 Å². The van der Waals surface area contributed by atoms with Gasteiger partial charge in [0.25, 0.3) is 0 Å². The summed E-state index contributed by atoms with van der Waals surface area (Å²) in [6, 6.07) is 8.06. The van der Waals surface area contributed by atoms with E-state index in [-0.39, 0.29) is 0 Å². The Hall–Kier alpha value is -1.38. The first-order valence-electron chi connectivity index (χ1n) is 5.69. The first-order valence-corrected chi connectivity index (χ1v) is 7.36. The third-order valence-electron chi connectivity index (χ3n) is 2.76. The summed E-state index contributed by atoms with van der Waals surface area (Å²) in [5.41, 5.74) is 1.19. The van der Waals surface area contributed by atoms with Crippen molar-refractivity contribution in [3.05, 3.63) is 33.1 Å². The predicted molar refractivity (Wildman–Crippen MR) is 80.4 cm³/mol. The number of nitriles is 1. The van der Waals surface area contributed by atoms with Crippen LogP contribution in [-0.2, 0) is 5.41 Å². The molecule has 2 aromatic rings. The molecule has 0 bridgehead atoms. The van der Waals surface area contributed by atoms with Crippen molar-refractivity contribution < 1.29 is 4.74 Å². The van der Waals surface area contributed by atoms with Crippen LogP contribution in [0.5, 0.6) is 5.75 Å². The summed E-state index contributed by atoms with van der Waals surface area (Å²) in [4.78, 5) is 4.57. The van der Waals surface area contributed by atoms with Crippen LogP contribution in [0.15, 0.2) is 28.1 Å². The molecule has 1 heterocycles. The van der Waals surface area contributed by atoms with Gasteiger partial charge in [0.15, 0.2) is 0 Å². The largest absolute Gasteiger partial charge is 0.496 e. The highest BCUT2D eigenvalue weighted by Gasteiger charge is 2.24. The van der Waals surface area contributed by atoms with E-state index in [1.807, 2.05) is 37.4 Å². The lowest BCUT2D eigenvalue weighted by Gasteiger charge is -2.10. The van der Waals surface area contributed by atoms with Crippen molar-refractivity contribution in [2.45, 2.75) is 19.3 Å². The molecule has 0 spiro atoms.